The molecule has 0 radical (unpaired) electrons. The topological polar surface area (TPSA) is 3.24 Å². The van der Waals surface area contributed by atoms with Gasteiger partial charge in [-0.05, 0) is 123 Å². The van der Waals surface area contributed by atoms with E-state index in [4.69, 9.17) is 0 Å². The van der Waals surface area contributed by atoms with Gasteiger partial charge in [0, 0.05) is 52.7 Å². The molecule has 2 aromatic heterocycles. The number of nitrogens with zero attached hydrogens (tertiary/aromatic N) is 1. The number of rotatable bonds is 6. The summed E-state index contributed by atoms with van der Waals surface area (Å²) in [6.07, 6.45) is 12.6. The van der Waals surface area contributed by atoms with Crippen molar-refractivity contribution in [1.82, 2.24) is 0 Å². The largest absolute Gasteiger partial charge is 0.314 e. The van der Waals surface area contributed by atoms with Crippen LogP contribution in [-0.2, 0) is 0 Å². The van der Waals surface area contributed by atoms with Crippen molar-refractivity contribution in [2.45, 2.75) is 25.2 Å². The van der Waals surface area contributed by atoms with E-state index in [1.807, 2.05) is 22.7 Å². The van der Waals surface area contributed by atoms with Gasteiger partial charge in [-0.1, -0.05) is 127 Å². The van der Waals surface area contributed by atoms with Gasteiger partial charge < -0.3 is 4.90 Å². The second-order valence-corrected chi connectivity index (χ2v) is 16.9. The van der Waals surface area contributed by atoms with Gasteiger partial charge in [0.2, 0.25) is 0 Å². The lowest BCUT2D eigenvalue weighted by Gasteiger charge is -2.34. The van der Waals surface area contributed by atoms with Crippen LogP contribution in [0.2, 0.25) is 0 Å². The Labute approximate surface area is 329 Å². The molecule has 0 aliphatic heterocycles. The highest BCUT2D eigenvalue weighted by atomic mass is 32.1. The molecular weight excluding hydrogens is 703 g/mol. The van der Waals surface area contributed by atoms with Crippen molar-refractivity contribution in [2.24, 2.45) is 0 Å². The molecule has 0 spiro atoms. The SMILES string of the molecule is C1=CC(C2CC=Cc3sc4ccccc4c32)=C(N(c2ccc(-c3ccc4ccccc4c3)cc2)c2cccc(-c3ccc4c(c3)sc3ccccc34)c2)CC1. The van der Waals surface area contributed by atoms with Crippen molar-refractivity contribution in [3.05, 3.63) is 198 Å². The molecule has 0 N–H and O–H groups in total. The normalized spacial score (nSPS) is 15.4. The molecule has 1 nitrogen and oxygen atoms in total. The molecule has 2 aliphatic carbocycles. The van der Waals surface area contributed by atoms with Crippen molar-refractivity contribution >= 4 is 81.2 Å². The third-order valence-electron chi connectivity index (χ3n) is 11.5. The maximum absolute atomic E-state index is 2.57. The molecule has 1 unspecified atom stereocenters. The van der Waals surface area contributed by atoms with Crippen molar-refractivity contribution in [1.29, 1.82) is 0 Å². The lowest BCUT2D eigenvalue weighted by atomic mass is 9.80. The van der Waals surface area contributed by atoms with Crippen LogP contribution >= 0.6 is 22.7 Å². The van der Waals surface area contributed by atoms with E-state index in [1.165, 1.54) is 96.4 Å². The molecule has 2 heterocycles. The molecule has 9 aromatic rings. The van der Waals surface area contributed by atoms with E-state index in [-0.39, 0.29) is 0 Å². The lowest BCUT2D eigenvalue weighted by Crippen LogP contribution is -2.22. The number of hydrogen-bond donors (Lipinski definition) is 0. The maximum atomic E-state index is 2.57. The fraction of sp³-hybridized carbons (Fsp3) is 0.0769. The van der Waals surface area contributed by atoms with Crippen LogP contribution in [0.1, 0.15) is 35.6 Å². The number of fused-ring (bicyclic) bond motifs is 7. The van der Waals surface area contributed by atoms with Crippen LogP contribution in [0.5, 0.6) is 0 Å². The zero-order chi connectivity index (χ0) is 36.3. The zero-order valence-electron chi connectivity index (χ0n) is 30.3. The quantitative estimate of drug-likeness (QED) is 0.164. The summed E-state index contributed by atoms with van der Waals surface area (Å²) in [6, 6.07) is 58.6. The second-order valence-electron chi connectivity index (χ2n) is 14.7. The van der Waals surface area contributed by atoms with Crippen LogP contribution in [0.15, 0.2) is 187 Å². The van der Waals surface area contributed by atoms with E-state index in [9.17, 15) is 0 Å². The number of thiophene rings is 2. The van der Waals surface area contributed by atoms with Gasteiger partial charge in [-0.3, -0.25) is 0 Å². The second kappa shape index (κ2) is 13.4. The lowest BCUT2D eigenvalue weighted by molar-refractivity contribution is 0.777. The van der Waals surface area contributed by atoms with Gasteiger partial charge in [0.25, 0.3) is 0 Å². The van der Waals surface area contributed by atoms with Gasteiger partial charge in [0.1, 0.15) is 0 Å². The first-order chi connectivity index (χ1) is 27.2. The van der Waals surface area contributed by atoms with Crippen LogP contribution in [0.25, 0.3) is 69.4 Å². The predicted molar refractivity (Wildman–Crippen MR) is 240 cm³/mol. The average Bonchev–Trinajstić information content (AvgIpc) is 3.82. The highest BCUT2D eigenvalue weighted by molar-refractivity contribution is 7.25. The first kappa shape index (κ1) is 32.4. The van der Waals surface area contributed by atoms with Crippen LogP contribution in [-0.4, -0.2) is 0 Å². The van der Waals surface area contributed by atoms with E-state index in [0.717, 1.165) is 19.3 Å². The summed E-state index contributed by atoms with van der Waals surface area (Å²) in [4.78, 5) is 3.96. The molecule has 55 heavy (non-hydrogen) atoms. The summed E-state index contributed by atoms with van der Waals surface area (Å²) >= 11 is 3.81. The van der Waals surface area contributed by atoms with Gasteiger partial charge in [-0.2, -0.15) is 0 Å². The van der Waals surface area contributed by atoms with Gasteiger partial charge in [0.15, 0.2) is 0 Å². The van der Waals surface area contributed by atoms with Gasteiger partial charge in [0.05, 0.1) is 0 Å². The predicted octanol–water partition coefficient (Wildman–Crippen LogP) is 15.7. The minimum atomic E-state index is 0.292. The highest BCUT2D eigenvalue weighted by Gasteiger charge is 2.30. The fourth-order valence-corrected chi connectivity index (χ4v) is 11.2. The molecule has 2 aliphatic rings. The van der Waals surface area contributed by atoms with Crippen LogP contribution < -0.4 is 4.90 Å². The van der Waals surface area contributed by atoms with Crippen LogP contribution in [0.4, 0.5) is 11.4 Å². The summed E-state index contributed by atoms with van der Waals surface area (Å²) < 4.78 is 4.04. The van der Waals surface area contributed by atoms with E-state index in [0.29, 0.717) is 5.92 Å². The summed E-state index contributed by atoms with van der Waals surface area (Å²) in [5.74, 6) is 0.292. The van der Waals surface area contributed by atoms with Crippen LogP contribution in [0, 0.1) is 0 Å². The molecular formula is C52H37NS2. The molecule has 7 aromatic carbocycles. The Kier molecular flexibility index (Phi) is 7.89. The minimum Gasteiger partial charge on any atom is -0.314 e. The summed E-state index contributed by atoms with van der Waals surface area (Å²) in [5.41, 5.74) is 11.6. The molecule has 0 saturated heterocycles. The van der Waals surface area contributed by atoms with Crippen molar-refractivity contribution in [3.8, 4) is 22.3 Å². The van der Waals surface area contributed by atoms with E-state index >= 15 is 0 Å². The van der Waals surface area contributed by atoms with Crippen molar-refractivity contribution < 1.29 is 0 Å². The number of allylic oxidation sites excluding steroid dienone is 5. The zero-order valence-corrected chi connectivity index (χ0v) is 31.9. The van der Waals surface area contributed by atoms with E-state index < -0.39 is 0 Å². The Morgan fingerprint density at radius 3 is 2.07 bits per heavy atom. The van der Waals surface area contributed by atoms with E-state index in [1.54, 1.807) is 0 Å². The molecule has 262 valence electrons. The first-order valence-electron chi connectivity index (χ1n) is 19.2. The smallest absolute Gasteiger partial charge is 0.0464 e. The monoisotopic (exact) mass is 739 g/mol. The highest BCUT2D eigenvalue weighted by Crippen LogP contribution is 2.48. The maximum Gasteiger partial charge on any atom is 0.0464 e. The Hall–Kier alpha value is -6.00. The third kappa shape index (κ3) is 5.66. The average molecular weight is 740 g/mol. The molecule has 0 fully saturated rings. The van der Waals surface area contributed by atoms with Crippen LogP contribution in [0.3, 0.4) is 0 Å². The van der Waals surface area contributed by atoms with Crippen molar-refractivity contribution in [3.63, 3.8) is 0 Å². The number of anilines is 2. The molecule has 0 amide bonds. The van der Waals surface area contributed by atoms with E-state index in [2.05, 4.69) is 187 Å². The summed E-state index contributed by atoms with van der Waals surface area (Å²) in [6.45, 7) is 0. The number of hydrogen-bond acceptors (Lipinski definition) is 3. The van der Waals surface area contributed by atoms with Gasteiger partial charge in [-0.25, -0.2) is 0 Å². The minimum absolute atomic E-state index is 0.292. The molecule has 3 heteroatoms. The Morgan fingerprint density at radius 2 is 1.18 bits per heavy atom. The number of benzene rings is 7. The molecule has 0 saturated carbocycles. The summed E-state index contributed by atoms with van der Waals surface area (Å²) in [5, 5.41) is 6.60. The molecule has 11 rings (SSSR count). The first-order valence-corrected chi connectivity index (χ1v) is 20.9. The Morgan fingerprint density at radius 1 is 0.473 bits per heavy atom. The standard InChI is InChI=1S/C52H37NS2/c1-2-12-36-31-38(24-23-34(36)11-1)35-25-28-40(29-26-35)53(41-14-9-13-37(32-41)39-27-30-44-43-16-4-7-20-48(43)55-51(44)33-39)47-19-6-3-15-42(47)45-18-10-22-50-52(45)46-17-5-8-21-49(46)54-50/h1-5,7-17,20-33,45H,6,18-19H2. The summed E-state index contributed by atoms with van der Waals surface area (Å²) in [7, 11) is 0. The van der Waals surface area contributed by atoms with Gasteiger partial charge in [-0.15, -0.1) is 22.7 Å². The van der Waals surface area contributed by atoms with Gasteiger partial charge >= 0.3 is 0 Å². The fourth-order valence-electron chi connectivity index (χ4n) is 8.87. The Balaban J connectivity index is 1.06. The molecule has 1 atom stereocenters. The Bertz CT molecular complexity index is 3020. The van der Waals surface area contributed by atoms with Crippen molar-refractivity contribution in [2.75, 3.05) is 4.90 Å². The molecule has 0 bridgehead atoms. The third-order valence-corrected chi connectivity index (χ3v) is 13.8.